The van der Waals surface area contributed by atoms with Crippen molar-refractivity contribution in [2.45, 2.75) is 51.4 Å². The number of rotatable bonds is 7. The lowest BCUT2D eigenvalue weighted by molar-refractivity contribution is -0.128. The van der Waals surface area contributed by atoms with Crippen molar-refractivity contribution in [3.8, 4) is 0 Å². The van der Waals surface area contributed by atoms with Gasteiger partial charge in [-0.3, -0.25) is 9.48 Å². The molecule has 0 bridgehead atoms. The number of nitrogens with zero attached hydrogens (tertiary/aromatic N) is 3. The molecule has 0 aliphatic carbocycles. The lowest BCUT2D eigenvalue weighted by atomic mass is 10.1. The van der Waals surface area contributed by atoms with Gasteiger partial charge in [0.25, 0.3) is 0 Å². The second kappa shape index (κ2) is 9.09. The Bertz CT molecular complexity index is 860. The maximum absolute atomic E-state index is 12.3. The molecule has 29 heavy (non-hydrogen) atoms. The van der Waals surface area contributed by atoms with E-state index in [4.69, 9.17) is 4.74 Å². The Morgan fingerprint density at radius 1 is 1.24 bits per heavy atom. The summed E-state index contributed by atoms with van der Waals surface area (Å²) in [5, 5.41) is 10.00. The summed E-state index contributed by atoms with van der Waals surface area (Å²) in [5.41, 5.74) is 2.72. The number of urea groups is 1. The van der Waals surface area contributed by atoms with Gasteiger partial charge in [-0.15, -0.1) is 0 Å². The maximum Gasteiger partial charge on any atom is 0.319 e. The van der Waals surface area contributed by atoms with E-state index < -0.39 is 0 Å². The van der Waals surface area contributed by atoms with Gasteiger partial charge in [0.15, 0.2) is 0 Å². The van der Waals surface area contributed by atoms with Crippen LogP contribution in [0.2, 0.25) is 0 Å². The SMILES string of the molecule is O=C(NCc1ccccc1CN1CCCC1=O)Nc1cnn(CC2CCCO2)c1. The molecule has 0 spiro atoms. The van der Waals surface area contributed by atoms with Crippen molar-refractivity contribution in [3.63, 3.8) is 0 Å². The van der Waals surface area contributed by atoms with Crippen LogP contribution in [0.3, 0.4) is 0 Å². The van der Waals surface area contributed by atoms with Gasteiger partial charge in [-0.1, -0.05) is 24.3 Å². The van der Waals surface area contributed by atoms with Crippen LogP contribution in [-0.2, 0) is 29.2 Å². The van der Waals surface area contributed by atoms with Crippen LogP contribution in [0.25, 0.3) is 0 Å². The van der Waals surface area contributed by atoms with Crippen LogP contribution < -0.4 is 10.6 Å². The monoisotopic (exact) mass is 397 g/mol. The molecule has 8 heteroatoms. The second-order valence-corrected chi connectivity index (χ2v) is 7.58. The van der Waals surface area contributed by atoms with E-state index in [1.165, 1.54) is 0 Å². The molecule has 8 nitrogen and oxygen atoms in total. The molecule has 4 rings (SSSR count). The van der Waals surface area contributed by atoms with Gasteiger partial charge in [0.1, 0.15) is 0 Å². The molecule has 1 atom stereocenters. The highest BCUT2D eigenvalue weighted by atomic mass is 16.5. The maximum atomic E-state index is 12.3. The average molecular weight is 397 g/mol. The van der Waals surface area contributed by atoms with E-state index in [0.29, 0.717) is 31.7 Å². The highest BCUT2D eigenvalue weighted by Gasteiger charge is 2.21. The van der Waals surface area contributed by atoms with Crippen molar-refractivity contribution < 1.29 is 14.3 Å². The van der Waals surface area contributed by atoms with E-state index in [1.807, 2.05) is 35.4 Å². The topological polar surface area (TPSA) is 88.5 Å². The Hall–Kier alpha value is -2.87. The number of amides is 3. The quantitative estimate of drug-likeness (QED) is 0.751. The zero-order valence-corrected chi connectivity index (χ0v) is 16.5. The van der Waals surface area contributed by atoms with E-state index in [-0.39, 0.29) is 18.0 Å². The predicted molar refractivity (Wildman–Crippen MR) is 108 cm³/mol. The number of nitrogens with one attached hydrogen (secondary N) is 2. The molecular formula is C21H27N5O3. The fourth-order valence-electron chi connectivity index (χ4n) is 3.84. The summed E-state index contributed by atoms with van der Waals surface area (Å²) in [6.07, 6.45) is 7.34. The number of hydrogen-bond acceptors (Lipinski definition) is 4. The second-order valence-electron chi connectivity index (χ2n) is 7.58. The first kappa shape index (κ1) is 19.4. The lowest BCUT2D eigenvalue weighted by Crippen LogP contribution is -2.29. The lowest BCUT2D eigenvalue weighted by Gasteiger charge is -2.18. The van der Waals surface area contributed by atoms with Crippen LogP contribution in [-0.4, -0.2) is 45.9 Å². The van der Waals surface area contributed by atoms with Gasteiger partial charge in [0.2, 0.25) is 5.91 Å². The van der Waals surface area contributed by atoms with Crippen molar-refractivity contribution in [1.29, 1.82) is 0 Å². The largest absolute Gasteiger partial charge is 0.376 e. The smallest absolute Gasteiger partial charge is 0.319 e. The van der Waals surface area contributed by atoms with Gasteiger partial charge in [-0.05, 0) is 30.4 Å². The van der Waals surface area contributed by atoms with Crippen molar-refractivity contribution in [1.82, 2.24) is 20.0 Å². The fourth-order valence-corrected chi connectivity index (χ4v) is 3.84. The van der Waals surface area contributed by atoms with Crippen LogP contribution in [0.1, 0.15) is 36.8 Å². The summed E-state index contributed by atoms with van der Waals surface area (Å²) in [6.45, 7) is 3.30. The number of carbonyl (C=O) groups is 2. The Balaban J connectivity index is 1.28. The number of ether oxygens (including phenoxy) is 1. The third-order valence-electron chi connectivity index (χ3n) is 5.40. The summed E-state index contributed by atoms with van der Waals surface area (Å²) >= 11 is 0. The van der Waals surface area contributed by atoms with Crippen molar-refractivity contribution >= 4 is 17.6 Å². The van der Waals surface area contributed by atoms with E-state index in [9.17, 15) is 9.59 Å². The van der Waals surface area contributed by atoms with Gasteiger partial charge in [0, 0.05) is 38.9 Å². The van der Waals surface area contributed by atoms with Crippen molar-refractivity contribution in [2.75, 3.05) is 18.5 Å². The molecule has 2 fully saturated rings. The number of likely N-dealkylation sites (tertiary alicyclic amines) is 1. The first-order chi connectivity index (χ1) is 14.2. The molecule has 0 saturated carbocycles. The highest BCUT2D eigenvalue weighted by molar-refractivity contribution is 5.88. The van der Waals surface area contributed by atoms with Crippen LogP contribution in [0, 0.1) is 0 Å². The van der Waals surface area contributed by atoms with Crippen LogP contribution in [0.15, 0.2) is 36.7 Å². The number of aromatic nitrogens is 2. The molecule has 1 aromatic heterocycles. The molecule has 2 aromatic rings. The molecule has 3 amide bonds. The minimum atomic E-state index is -0.284. The summed E-state index contributed by atoms with van der Waals surface area (Å²) < 4.78 is 7.41. The van der Waals surface area contributed by atoms with Gasteiger partial charge >= 0.3 is 6.03 Å². The van der Waals surface area contributed by atoms with Crippen molar-refractivity contribution in [2.24, 2.45) is 0 Å². The predicted octanol–water partition coefficient (Wildman–Crippen LogP) is 2.51. The number of benzene rings is 1. The van der Waals surface area contributed by atoms with Crippen LogP contribution in [0.4, 0.5) is 10.5 Å². The summed E-state index contributed by atoms with van der Waals surface area (Å²) in [6, 6.07) is 7.61. The molecule has 2 aliphatic rings. The van der Waals surface area contributed by atoms with Crippen LogP contribution in [0.5, 0.6) is 0 Å². The molecule has 1 aromatic carbocycles. The zero-order valence-electron chi connectivity index (χ0n) is 16.5. The molecule has 2 saturated heterocycles. The third kappa shape index (κ3) is 5.14. The van der Waals surface area contributed by atoms with Crippen LogP contribution >= 0.6 is 0 Å². The summed E-state index contributed by atoms with van der Waals surface area (Å²) in [4.78, 5) is 26.1. The number of hydrogen-bond donors (Lipinski definition) is 2. The normalized spacial score (nSPS) is 19.0. The number of carbonyl (C=O) groups excluding carboxylic acids is 2. The zero-order chi connectivity index (χ0) is 20.1. The Kier molecular flexibility index (Phi) is 6.09. The molecule has 0 radical (unpaired) electrons. The minimum Gasteiger partial charge on any atom is -0.376 e. The van der Waals surface area contributed by atoms with Gasteiger partial charge in [0.05, 0.1) is 24.5 Å². The Morgan fingerprint density at radius 2 is 2.10 bits per heavy atom. The van der Waals surface area contributed by atoms with E-state index in [2.05, 4.69) is 15.7 Å². The first-order valence-electron chi connectivity index (χ1n) is 10.2. The van der Waals surface area contributed by atoms with Crippen molar-refractivity contribution in [3.05, 3.63) is 47.8 Å². The van der Waals surface area contributed by atoms with E-state index in [1.54, 1.807) is 10.9 Å². The fraction of sp³-hybridized carbons (Fsp3) is 0.476. The molecule has 1 unspecified atom stereocenters. The number of anilines is 1. The van der Waals surface area contributed by atoms with E-state index >= 15 is 0 Å². The molecule has 2 aliphatic heterocycles. The van der Waals surface area contributed by atoms with Gasteiger partial charge < -0.3 is 20.3 Å². The molecule has 3 heterocycles. The Labute approximate surface area is 170 Å². The first-order valence-corrected chi connectivity index (χ1v) is 10.2. The molecular weight excluding hydrogens is 370 g/mol. The van der Waals surface area contributed by atoms with E-state index in [0.717, 1.165) is 43.5 Å². The Morgan fingerprint density at radius 3 is 2.86 bits per heavy atom. The average Bonchev–Trinajstić information content (AvgIpc) is 3.46. The minimum absolute atomic E-state index is 0.200. The molecule has 2 N–H and O–H groups in total. The van der Waals surface area contributed by atoms with Gasteiger partial charge in [-0.2, -0.15) is 5.10 Å². The third-order valence-corrected chi connectivity index (χ3v) is 5.40. The summed E-state index contributed by atoms with van der Waals surface area (Å²) in [7, 11) is 0. The molecule has 154 valence electrons. The highest BCUT2D eigenvalue weighted by Crippen LogP contribution is 2.18. The standard InChI is InChI=1S/C21H27N5O3/c27-20-8-3-9-25(20)13-17-6-2-1-5-16(17)11-22-21(28)24-18-12-23-26(14-18)15-19-7-4-10-29-19/h1-2,5-6,12,14,19H,3-4,7-11,13,15H2,(H2,22,24,28). The van der Waals surface area contributed by atoms with Gasteiger partial charge in [-0.25, -0.2) is 4.79 Å². The summed E-state index contributed by atoms with van der Waals surface area (Å²) in [5.74, 6) is 0.200.